The third kappa shape index (κ3) is 3.90. The lowest BCUT2D eigenvalue weighted by molar-refractivity contribution is -0.143. The number of aromatic nitrogens is 1. The van der Waals surface area contributed by atoms with E-state index in [4.69, 9.17) is 9.47 Å². The number of pyridine rings is 1. The number of hydrogen-bond acceptors (Lipinski definition) is 4. The number of likely N-dealkylation sites (tertiary alicyclic amines) is 1. The SMILES string of the molecule is Cc1cccc(OC2CCN(C(=O)C3(c4ccccc4)CCOCC3)CC2)n1. The van der Waals surface area contributed by atoms with Crippen LogP contribution in [0.3, 0.4) is 0 Å². The lowest BCUT2D eigenvalue weighted by Crippen LogP contribution is -2.53. The third-order valence-corrected chi connectivity index (χ3v) is 5.96. The van der Waals surface area contributed by atoms with E-state index < -0.39 is 5.41 Å². The molecule has 148 valence electrons. The lowest BCUT2D eigenvalue weighted by Gasteiger charge is -2.42. The van der Waals surface area contributed by atoms with Gasteiger partial charge in [-0.2, -0.15) is 0 Å². The van der Waals surface area contributed by atoms with Crippen molar-refractivity contribution in [3.05, 3.63) is 59.8 Å². The van der Waals surface area contributed by atoms with Gasteiger partial charge in [-0.15, -0.1) is 0 Å². The summed E-state index contributed by atoms with van der Waals surface area (Å²) in [6.45, 7) is 4.69. The van der Waals surface area contributed by atoms with Crippen molar-refractivity contribution < 1.29 is 14.3 Å². The van der Waals surface area contributed by atoms with Crippen LogP contribution in [0.2, 0.25) is 0 Å². The summed E-state index contributed by atoms with van der Waals surface area (Å²) in [4.78, 5) is 20.1. The topological polar surface area (TPSA) is 51.7 Å². The second-order valence-corrected chi connectivity index (χ2v) is 7.79. The Balaban J connectivity index is 1.43. The minimum atomic E-state index is -0.453. The Morgan fingerprint density at radius 2 is 1.79 bits per heavy atom. The molecule has 0 spiro atoms. The van der Waals surface area contributed by atoms with Gasteiger partial charge in [0.05, 0.1) is 5.41 Å². The molecule has 2 aromatic rings. The molecule has 2 aliphatic heterocycles. The largest absolute Gasteiger partial charge is 0.474 e. The minimum Gasteiger partial charge on any atom is -0.474 e. The molecule has 2 saturated heterocycles. The van der Waals surface area contributed by atoms with E-state index in [1.54, 1.807) is 0 Å². The molecule has 0 saturated carbocycles. The maximum Gasteiger partial charge on any atom is 0.233 e. The first kappa shape index (κ1) is 18.9. The summed E-state index contributed by atoms with van der Waals surface area (Å²) in [6, 6.07) is 16.0. The van der Waals surface area contributed by atoms with Gasteiger partial charge in [-0.25, -0.2) is 4.98 Å². The van der Waals surface area contributed by atoms with E-state index in [9.17, 15) is 4.79 Å². The van der Waals surface area contributed by atoms with Gasteiger partial charge in [-0.05, 0) is 31.4 Å². The molecule has 0 radical (unpaired) electrons. The fraction of sp³-hybridized carbons (Fsp3) is 0.478. The number of ether oxygens (including phenoxy) is 2. The van der Waals surface area contributed by atoms with Crippen LogP contribution in [-0.2, 0) is 14.9 Å². The number of carbonyl (C=O) groups excluding carboxylic acids is 1. The molecule has 0 atom stereocenters. The zero-order valence-electron chi connectivity index (χ0n) is 16.5. The van der Waals surface area contributed by atoms with Crippen LogP contribution in [0, 0.1) is 6.92 Å². The number of hydrogen-bond donors (Lipinski definition) is 0. The van der Waals surface area contributed by atoms with Gasteiger partial charge in [0.1, 0.15) is 6.10 Å². The molecule has 0 N–H and O–H groups in total. The Kier molecular flexibility index (Phi) is 5.62. The molecule has 28 heavy (non-hydrogen) atoms. The molecule has 4 rings (SSSR count). The van der Waals surface area contributed by atoms with Gasteiger partial charge in [0, 0.05) is 50.9 Å². The highest BCUT2D eigenvalue weighted by molar-refractivity contribution is 5.88. The molecule has 3 heterocycles. The molecule has 1 amide bonds. The first-order valence-corrected chi connectivity index (χ1v) is 10.2. The van der Waals surface area contributed by atoms with Crippen LogP contribution in [0.25, 0.3) is 0 Å². The highest BCUT2D eigenvalue weighted by Crippen LogP contribution is 2.37. The zero-order valence-corrected chi connectivity index (χ0v) is 16.5. The number of amides is 1. The maximum atomic E-state index is 13.6. The third-order valence-electron chi connectivity index (χ3n) is 5.96. The fourth-order valence-electron chi connectivity index (χ4n) is 4.34. The van der Waals surface area contributed by atoms with E-state index in [2.05, 4.69) is 17.1 Å². The Morgan fingerprint density at radius 3 is 2.46 bits per heavy atom. The van der Waals surface area contributed by atoms with Crippen LogP contribution >= 0.6 is 0 Å². The summed E-state index contributed by atoms with van der Waals surface area (Å²) in [6.07, 6.45) is 3.28. The van der Waals surface area contributed by atoms with Crippen molar-refractivity contribution in [2.45, 2.75) is 44.1 Å². The van der Waals surface area contributed by atoms with E-state index >= 15 is 0 Å². The maximum absolute atomic E-state index is 13.6. The molecule has 0 bridgehead atoms. The molecular weight excluding hydrogens is 352 g/mol. The minimum absolute atomic E-state index is 0.112. The monoisotopic (exact) mass is 380 g/mol. The zero-order chi connectivity index (χ0) is 19.4. The van der Waals surface area contributed by atoms with Crippen molar-refractivity contribution in [1.29, 1.82) is 0 Å². The van der Waals surface area contributed by atoms with Crippen molar-refractivity contribution >= 4 is 5.91 Å². The van der Waals surface area contributed by atoms with Crippen LogP contribution in [0.15, 0.2) is 48.5 Å². The number of piperidine rings is 1. The van der Waals surface area contributed by atoms with E-state index in [1.165, 1.54) is 0 Å². The van der Waals surface area contributed by atoms with Gasteiger partial charge < -0.3 is 14.4 Å². The quantitative estimate of drug-likeness (QED) is 0.815. The van der Waals surface area contributed by atoms with Gasteiger partial charge in [-0.1, -0.05) is 36.4 Å². The number of aryl methyl sites for hydroxylation is 1. The van der Waals surface area contributed by atoms with Gasteiger partial charge in [-0.3, -0.25) is 4.79 Å². The number of nitrogens with zero attached hydrogens (tertiary/aromatic N) is 2. The summed E-state index contributed by atoms with van der Waals surface area (Å²) in [5.74, 6) is 0.920. The van der Waals surface area contributed by atoms with E-state index in [0.29, 0.717) is 19.1 Å². The van der Waals surface area contributed by atoms with Crippen LogP contribution in [0.1, 0.15) is 36.9 Å². The van der Waals surface area contributed by atoms with Crippen molar-refractivity contribution in [2.75, 3.05) is 26.3 Å². The Labute approximate surface area is 166 Å². The second-order valence-electron chi connectivity index (χ2n) is 7.79. The van der Waals surface area contributed by atoms with E-state index in [0.717, 1.165) is 50.0 Å². The Morgan fingerprint density at radius 1 is 1.07 bits per heavy atom. The molecule has 5 heteroatoms. The van der Waals surface area contributed by atoms with Gasteiger partial charge in [0.2, 0.25) is 11.8 Å². The summed E-state index contributed by atoms with van der Waals surface area (Å²) < 4.78 is 11.6. The molecule has 5 nitrogen and oxygen atoms in total. The van der Waals surface area contributed by atoms with Crippen molar-refractivity contribution in [3.63, 3.8) is 0 Å². The first-order chi connectivity index (χ1) is 13.7. The lowest BCUT2D eigenvalue weighted by atomic mass is 9.72. The number of rotatable bonds is 4. The molecule has 0 aliphatic carbocycles. The first-order valence-electron chi connectivity index (χ1n) is 10.2. The van der Waals surface area contributed by atoms with E-state index in [-0.39, 0.29) is 12.0 Å². The Bertz CT molecular complexity index is 795. The summed E-state index contributed by atoms with van der Waals surface area (Å²) in [5.41, 5.74) is 1.62. The normalized spacial score (nSPS) is 20.0. The summed E-state index contributed by atoms with van der Waals surface area (Å²) in [7, 11) is 0. The predicted octanol–water partition coefficient (Wildman–Crippen LogP) is 3.51. The number of benzene rings is 1. The van der Waals surface area contributed by atoms with Gasteiger partial charge >= 0.3 is 0 Å². The van der Waals surface area contributed by atoms with Crippen molar-refractivity contribution in [1.82, 2.24) is 9.88 Å². The molecular formula is C23H28N2O3. The van der Waals surface area contributed by atoms with Crippen LogP contribution in [0.5, 0.6) is 5.88 Å². The smallest absolute Gasteiger partial charge is 0.233 e. The fourth-order valence-corrected chi connectivity index (χ4v) is 4.34. The molecule has 2 fully saturated rings. The second kappa shape index (κ2) is 8.31. The van der Waals surface area contributed by atoms with E-state index in [1.807, 2.05) is 48.2 Å². The highest BCUT2D eigenvalue weighted by Gasteiger charge is 2.44. The Hall–Kier alpha value is -2.40. The van der Waals surface area contributed by atoms with Crippen molar-refractivity contribution in [2.24, 2.45) is 0 Å². The van der Waals surface area contributed by atoms with Gasteiger partial charge in [0.15, 0.2) is 0 Å². The molecule has 2 aliphatic rings. The molecule has 1 aromatic carbocycles. The number of carbonyl (C=O) groups is 1. The van der Waals surface area contributed by atoms with Crippen LogP contribution in [-0.4, -0.2) is 48.2 Å². The molecule has 0 unspecified atom stereocenters. The van der Waals surface area contributed by atoms with Crippen LogP contribution in [0.4, 0.5) is 0 Å². The predicted molar refractivity (Wildman–Crippen MR) is 107 cm³/mol. The highest BCUT2D eigenvalue weighted by atomic mass is 16.5. The molecule has 1 aromatic heterocycles. The average molecular weight is 380 g/mol. The van der Waals surface area contributed by atoms with Gasteiger partial charge in [0.25, 0.3) is 0 Å². The van der Waals surface area contributed by atoms with Crippen LogP contribution < -0.4 is 4.74 Å². The summed E-state index contributed by atoms with van der Waals surface area (Å²) >= 11 is 0. The average Bonchev–Trinajstić information content (AvgIpc) is 2.75. The standard InChI is InChI=1S/C23H28N2O3/c1-18-6-5-9-21(24-18)28-20-10-14-25(15-11-20)22(26)23(12-16-27-17-13-23)19-7-3-2-4-8-19/h2-9,20H,10-17H2,1H3. The summed E-state index contributed by atoms with van der Waals surface area (Å²) in [5, 5.41) is 0. The van der Waals surface area contributed by atoms with Crippen molar-refractivity contribution in [3.8, 4) is 5.88 Å².